The number of alkyl halides is 1. The molecule has 1 N–H and O–H groups in total. The van der Waals surface area contributed by atoms with Crippen LogP contribution in [0.5, 0.6) is 0 Å². The van der Waals surface area contributed by atoms with Gasteiger partial charge in [0, 0.05) is 0 Å². The first kappa shape index (κ1) is 10.2. The highest BCUT2D eigenvalue weighted by Gasteiger charge is 2.44. The SMILES string of the molecule is O=C(CCl)NC(=O)N1C(=O)C2C=CC1C2. The van der Waals surface area contributed by atoms with E-state index in [9.17, 15) is 14.4 Å². The summed E-state index contributed by atoms with van der Waals surface area (Å²) in [7, 11) is 0. The number of likely N-dealkylation sites (tertiary alicyclic amines) is 1. The second-order valence-electron chi connectivity index (χ2n) is 3.49. The van der Waals surface area contributed by atoms with Gasteiger partial charge in [-0.25, -0.2) is 4.79 Å². The van der Waals surface area contributed by atoms with E-state index in [0.29, 0.717) is 6.42 Å². The van der Waals surface area contributed by atoms with Gasteiger partial charge in [0.15, 0.2) is 0 Å². The minimum atomic E-state index is -0.678. The van der Waals surface area contributed by atoms with Crippen LogP contribution in [-0.4, -0.2) is 34.7 Å². The molecule has 0 spiro atoms. The number of carbonyl (C=O) groups is 3. The molecule has 15 heavy (non-hydrogen) atoms. The van der Waals surface area contributed by atoms with Crippen LogP contribution >= 0.6 is 11.6 Å². The second-order valence-corrected chi connectivity index (χ2v) is 3.76. The summed E-state index contributed by atoms with van der Waals surface area (Å²) in [5.74, 6) is -1.34. The number of fused-ring (bicyclic) bond motifs is 2. The molecule has 2 rings (SSSR count). The second kappa shape index (κ2) is 3.66. The summed E-state index contributed by atoms with van der Waals surface area (Å²) in [5, 5.41) is 2.05. The third-order valence-corrected chi connectivity index (χ3v) is 2.78. The molecular weight excluding hydrogens is 220 g/mol. The lowest BCUT2D eigenvalue weighted by Crippen LogP contribution is -2.48. The zero-order chi connectivity index (χ0) is 11.0. The van der Waals surface area contributed by atoms with Gasteiger partial charge in [-0.3, -0.25) is 19.8 Å². The van der Waals surface area contributed by atoms with E-state index in [4.69, 9.17) is 11.6 Å². The molecule has 6 heteroatoms. The number of nitrogens with zero attached hydrogens (tertiary/aromatic N) is 1. The molecule has 0 saturated carbocycles. The molecule has 2 aliphatic rings. The summed E-state index contributed by atoms with van der Waals surface area (Å²) >= 11 is 5.24. The fourth-order valence-electron chi connectivity index (χ4n) is 1.86. The van der Waals surface area contributed by atoms with E-state index >= 15 is 0 Å². The Kier molecular flexibility index (Phi) is 2.48. The maximum atomic E-state index is 11.5. The minimum absolute atomic E-state index is 0.202. The number of nitrogens with one attached hydrogen (secondary N) is 1. The lowest BCUT2D eigenvalue weighted by molar-refractivity contribution is -0.128. The molecule has 0 aromatic heterocycles. The lowest BCUT2D eigenvalue weighted by Gasteiger charge is -2.21. The van der Waals surface area contributed by atoms with Crippen LogP contribution in [0.1, 0.15) is 6.42 Å². The van der Waals surface area contributed by atoms with Crippen LogP contribution < -0.4 is 5.32 Å². The Balaban J connectivity index is 2.06. The molecule has 1 saturated heterocycles. The summed E-state index contributed by atoms with van der Waals surface area (Å²) < 4.78 is 0. The van der Waals surface area contributed by atoms with Crippen molar-refractivity contribution in [1.29, 1.82) is 0 Å². The average Bonchev–Trinajstić information content (AvgIpc) is 2.77. The summed E-state index contributed by atoms with van der Waals surface area (Å²) in [4.78, 5) is 35.0. The first-order valence-electron chi connectivity index (χ1n) is 4.54. The Hall–Kier alpha value is -1.36. The lowest BCUT2D eigenvalue weighted by atomic mass is 10.1. The van der Waals surface area contributed by atoms with Crippen LogP contribution in [-0.2, 0) is 9.59 Å². The summed E-state index contributed by atoms with van der Waals surface area (Å²) in [6.07, 6.45) is 4.22. The maximum absolute atomic E-state index is 11.5. The van der Waals surface area contributed by atoms with Crippen molar-refractivity contribution < 1.29 is 14.4 Å². The molecule has 5 nitrogen and oxygen atoms in total. The summed E-state index contributed by atoms with van der Waals surface area (Å²) in [6.45, 7) is 0. The number of hydrogen-bond acceptors (Lipinski definition) is 3. The molecule has 2 atom stereocenters. The molecule has 2 unspecified atom stereocenters. The first-order chi connectivity index (χ1) is 7.13. The van der Waals surface area contributed by atoms with Crippen LogP contribution in [0, 0.1) is 5.92 Å². The fraction of sp³-hybridized carbons (Fsp3) is 0.444. The van der Waals surface area contributed by atoms with Crippen LogP contribution in [0.25, 0.3) is 0 Å². The Morgan fingerprint density at radius 2 is 2.27 bits per heavy atom. The average molecular weight is 229 g/mol. The van der Waals surface area contributed by atoms with E-state index < -0.39 is 11.9 Å². The Bertz CT molecular complexity index is 366. The number of hydrogen-bond donors (Lipinski definition) is 1. The van der Waals surface area contributed by atoms with Crippen molar-refractivity contribution >= 4 is 29.4 Å². The van der Waals surface area contributed by atoms with Gasteiger partial charge < -0.3 is 0 Å². The third-order valence-electron chi connectivity index (χ3n) is 2.53. The Labute approximate surface area is 91.1 Å². The van der Waals surface area contributed by atoms with Crippen molar-refractivity contribution in [2.75, 3.05) is 5.88 Å². The number of amides is 4. The fourth-order valence-corrected chi connectivity index (χ4v) is 1.93. The van der Waals surface area contributed by atoms with Crippen LogP contribution in [0.15, 0.2) is 12.2 Å². The molecule has 0 aromatic rings. The molecule has 0 radical (unpaired) electrons. The highest BCUT2D eigenvalue weighted by atomic mass is 35.5. The van der Waals surface area contributed by atoms with Gasteiger partial charge in [-0.15, -0.1) is 11.6 Å². The van der Waals surface area contributed by atoms with Gasteiger partial charge in [-0.1, -0.05) is 12.2 Å². The normalized spacial score (nSPS) is 27.3. The van der Waals surface area contributed by atoms with Crippen molar-refractivity contribution in [3.8, 4) is 0 Å². The zero-order valence-electron chi connectivity index (χ0n) is 7.77. The van der Waals surface area contributed by atoms with Crippen molar-refractivity contribution in [3.63, 3.8) is 0 Å². The van der Waals surface area contributed by atoms with Crippen LogP contribution in [0.4, 0.5) is 4.79 Å². The van der Waals surface area contributed by atoms with Crippen molar-refractivity contribution in [3.05, 3.63) is 12.2 Å². The predicted octanol–water partition coefficient (Wildman–Crippen LogP) is 0.248. The summed E-state index contributed by atoms with van der Waals surface area (Å²) in [6, 6.07) is -0.881. The third kappa shape index (κ3) is 1.63. The van der Waals surface area contributed by atoms with E-state index in [1.165, 1.54) is 0 Å². The number of rotatable bonds is 1. The van der Waals surface area contributed by atoms with Gasteiger partial charge in [0.25, 0.3) is 0 Å². The molecule has 1 aliphatic carbocycles. The first-order valence-corrected chi connectivity index (χ1v) is 5.08. The largest absolute Gasteiger partial charge is 0.331 e. The minimum Gasteiger partial charge on any atom is -0.277 e. The van der Waals surface area contributed by atoms with E-state index in [1.807, 2.05) is 5.32 Å². The van der Waals surface area contributed by atoms with E-state index in [0.717, 1.165) is 4.90 Å². The standard InChI is InChI=1S/C9H9ClN2O3/c10-4-7(13)11-9(15)12-6-2-1-5(3-6)8(12)14/h1-2,5-6H,3-4H2,(H,11,13,15). The maximum Gasteiger partial charge on any atom is 0.331 e. The van der Waals surface area contributed by atoms with E-state index in [1.54, 1.807) is 12.2 Å². The number of carbonyl (C=O) groups excluding carboxylic acids is 3. The summed E-state index contributed by atoms with van der Waals surface area (Å²) in [5.41, 5.74) is 0. The van der Waals surface area contributed by atoms with Gasteiger partial charge >= 0.3 is 6.03 Å². The van der Waals surface area contributed by atoms with Crippen LogP contribution in [0.2, 0.25) is 0 Å². The van der Waals surface area contributed by atoms with Crippen LogP contribution in [0.3, 0.4) is 0 Å². The molecule has 0 aromatic carbocycles. The van der Waals surface area contributed by atoms with E-state index in [2.05, 4.69) is 0 Å². The zero-order valence-corrected chi connectivity index (χ0v) is 8.53. The smallest absolute Gasteiger partial charge is 0.277 e. The molecule has 1 heterocycles. The Morgan fingerprint density at radius 1 is 1.53 bits per heavy atom. The van der Waals surface area contributed by atoms with Crippen molar-refractivity contribution in [2.45, 2.75) is 12.5 Å². The molecule has 1 fully saturated rings. The van der Waals surface area contributed by atoms with Gasteiger partial charge in [0.2, 0.25) is 11.8 Å². The highest BCUT2D eigenvalue weighted by Crippen LogP contribution is 2.32. The molecule has 4 amide bonds. The van der Waals surface area contributed by atoms with Gasteiger partial charge in [0.1, 0.15) is 5.88 Å². The molecular formula is C9H9ClN2O3. The predicted molar refractivity (Wildman–Crippen MR) is 52.1 cm³/mol. The molecule has 1 aliphatic heterocycles. The van der Waals surface area contributed by atoms with Crippen molar-refractivity contribution in [2.24, 2.45) is 5.92 Å². The molecule has 80 valence electrons. The van der Waals surface area contributed by atoms with Crippen molar-refractivity contribution in [1.82, 2.24) is 10.2 Å². The monoisotopic (exact) mass is 228 g/mol. The highest BCUT2D eigenvalue weighted by molar-refractivity contribution is 6.28. The van der Waals surface area contributed by atoms with Gasteiger partial charge in [0.05, 0.1) is 12.0 Å². The quantitative estimate of drug-likeness (QED) is 0.517. The number of urea groups is 1. The number of halogens is 1. The van der Waals surface area contributed by atoms with E-state index in [-0.39, 0.29) is 23.7 Å². The van der Waals surface area contributed by atoms with Gasteiger partial charge in [-0.05, 0) is 6.42 Å². The molecule has 2 bridgehead atoms. The topological polar surface area (TPSA) is 66.5 Å². The Morgan fingerprint density at radius 3 is 2.80 bits per heavy atom. The number of imide groups is 2. The van der Waals surface area contributed by atoms with Gasteiger partial charge in [-0.2, -0.15) is 0 Å².